The van der Waals surface area contributed by atoms with E-state index in [-0.39, 0.29) is 18.5 Å². The zero-order valence-electron chi connectivity index (χ0n) is 42.1. The minimum absolute atomic E-state index is 0.0249. The molecule has 0 rings (SSSR count). The standard InChI is InChI=1S/C57H107NO5/c1-3-5-7-9-11-13-15-17-19-20-21-23-25-29-33-37-41-45-49-55(60)54(53-59)58-56(61)50-46-42-38-34-30-26-24-28-32-36-40-44-48-52-63-57(62)51-47-43-39-35-31-27-22-18-16-14-12-10-8-6-4-2/h18,22,26,30,38,42,54-55,59-60H,3-17,19-21,23-25,27-29,31-37,39-41,43-53H2,1-2H3,(H,58,61)/b22-18-,30-26-,42-38-. The predicted molar refractivity (Wildman–Crippen MR) is 273 cm³/mol. The van der Waals surface area contributed by atoms with Gasteiger partial charge in [-0.05, 0) is 70.6 Å². The third-order valence-electron chi connectivity index (χ3n) is 12.7. The van der Waals surface area contributed by atoms with Gasteiger partial charge in [0.25, 0.3) is 0 Å². The molecule has 1 amide bonds. The summed E-state index contributed by atoms with van der Waals surface area (Å²) in [7, 11) is 0. The second-order valence-corrected chi connectivity index (χ2v) is 18.9. The lowest BCUT2D eigenvalue weighted by Crippen LogP contribution is -2.45. The SMILES string of the molecule is CCCCCCCC/C=C\CCCCCCCC(=O)OCCCCCCCC/C=C\C/C=C\CCC(=O)NC(CO)C(O)CCCCCCCCCCCCCCCCCCCC. The summed E-state index contributed by atoms with van der Waals surface area (Å²) in [5, 5.41) is 23.2. The summed E-state index contributed by atoms with van der Waals surface area (Å²) in [4.78, 5) is 24.5. The van der Waals surface area contributed by atoms with Crippen LogP contribution in [0.1, 0.15) is 290 Å². The van der Waals surface area contributed by atoms with E-state index in [0.717, 1.165) is 51.4 Å². The summed E-state index contributed by atoms with van der Waals surface area (Å²) in [5.41, 5.74) is 0. The number of nitrogens with one attached hydrogen (secondary N) is 1. The predicted octanol–water partition coefficient (Wildman–Crippen LogP) is 16.9. The Balaban J connectivity index is 3.55. The highest BCUT2D eigenvalue weighted by Gasteiger charge is 2.19. The van der Waals surface area contributed by atoms with Crippen LogP contribution in [0.3, 0.4) is 0 Å². The molecule has 0 radical (unpaired) electrons. The molecule has 0 spiro atoms. The Bertz CT molecular complexity index is 1020. The zero-order valence-corrected chi connectivity index (χ0v) is 42.1. The van der Waals surface area contributed by atoms with Crippen molar-refractivity contribution in [2.75, 3.05) is 13.2 Å². The fourth-order valence-electron chi connectivity index (χ4n) is 8.39. The number of hydrogen-bond donors (Lipinski definition) is 3. The van der Waals surface area contributed by atoms with Gasteiger partial charge >= 0.3 is 5.97 Å². The van der Waals surface area contributed by atoms with Crippen molar-refractivity contribution in [1.82, 2.24) is 5.32 Å². The van der Waals surface area contributed by atoms with E-state index in [2.05, 4.69) is 49.5 Å². The van der Waals surface area contributed by atoms with Gasteiger partial charge < -0.3 is 20.3 Å². The summed E-state index contributed by atoms with van der Waals surface area (Å²) in [6.45, 7) is 4.89. The molecule has 0 bridgehead atoms. The van der Waals surface area contributed by atoms with Gasteiger partial charge in [0.1, 0.15) is 0 Å². The number of amides is 1. The number of carbonyl (C=O) groups excluding carboxylic acids is 2. The molecule has 2 unspecified atom stereocenters. The maximum absolute atomic E-state index is 12.4. The van der Waals surface area contributed by atoms with E-state index < -0.39 is 12.1 Å². The molecule has 0 saturated carbocycles. The minimum Gasteiger partial charge on any atom is -0.466 e. The molecule has 370 valence electrons. The van der Waals surface area contributed by atoms with Crippen LogP contribution >= 0.6 is 0 Å². The summed E-state index contributed by atoms with van der Waals surface area (Å²) in [6.07, 6.45) is 64.2. The highest BCUT2D eigenvalue weighted by molar-refractivity contribution is 5.76. The van der Waals surface area contributed by atoms with Gasteiger partial charge in [0.05, 0.1) is 25.4 Å². The molecule has 0 aliphatic rings. The number of carbonyl (C=O) groups is 2. The highest BCUT2D eigenvalue weighted by atomic mass is 16.5. The van der Waals surface area contributed by atoms with E-state index >= 15 is 0 Å². The van der Waals surface area contributed by atoms with Gasteiger partial charge in [-0.1, -0.05) is 243 Å². The van der Waals surface area contributed by atoms with Crippen molar-refractivity contribution < 1.29 is 24.5 Å². The average Bonchev–Trinajstić information content (AvgIpc) is 3.28. The van der Waals surface area contributed by atoms with Crippen molar-refractivity contribution in [3.8, 4) is 0 Å². The van der Waals surface area contributed by atoms with E-state index in [1.807, 2.05) is 6.08 Å². The maximum atomic E-state index is 12.4. The molecule has 6 heteroatoms. The van der Waals surface area contributed by atoms with Crippen molar-refractivity contribution in [1.29, 1.82) is 0 Å². The number of aliphatic hydroxyl groups is 2. The molecule has 3 N–H and O–H groups in total. The first-order valence-electron chi connectivity index (χ1n) is 27.7. The average molecular weight is 886 g/mol. The highest BCUT2D eigenvalue weighted by Crippen LogP contribution is 2.16. The lowest BCUT2D eigenvalue weighted by Gasteiger charge is -2.22. The third-order valence-corrected chi connectivity index (χ3v) is 12.7. The van der Waals surface area contributed by atoms with Crippen molar-refractivity contribution in [2.45, 2.75) is 302 Å². The molecule has 0 aliphatic heterocycles. The first-order valence-corrected chi connectivity index (χ1v) is 27.7. The first kappa shape index (κ1) is 61.1. The second kappa shape index (κ2) is 52.7. The zero-order chi connectivity index (χ0) is 45.8. The Morgan fingerprint density at radius 1 is 0.444 bits per heavy atom. The molecule has 2 atom stereocenters. The number of ether oxygens (including phenoxy) is 1. The van der Waals surface area contributed by atoms with E-state index in [9.17, 15) is 19.8 Å². The van der Waals surface area contributed by atoms with E-state index in [4.69, 9.17) is 4.74 Å². The van der Waals surface area contributed by atoms with Crippen LogP contribution in [0.25, 0.3) is 0 Å². The molecular weight excluding hydrogens is 779 g/mol. The van der Waals surface area contributed by atoms with E-state index in [1.54, 1.807) is 0 Å². The Kier molecular flexibility index (Phi) is 51.1. The number of hydrogen-bond acceptors (Lipinski definition) is 5. The van der Waals surface area contributed by atoms with Crippen molar-refractivity contribution >= 4 is 11.9 Å². The van der Waals surface area contributed by atoms with Crippen molar-refractivity contribution in [3.63, 3.8) is 0 Å². The van der Waals surface area contributed by atoms with Gasteiger partial charge in [-0.3, -0.25) is 9.59 Å². The minimum atomic E-state index is -0.700. The third kappa shape index (κ3) is 49.4. The molecule has 0 aromatic carbocycles. The number of rotatable bonds is 51. The van der Waals surface area contributed by atoms with Crippen LogP contribution in [-0.2, 0) is 14.3 Å². The Labute approximate surface area is 392 Å². The van der Waals surface area contributed by atoms with Crippen molar-refractivity contribution in [2.24, 2.45) is 0 Å². The maximum Gasteiger partial charge on any atom is 0.305 e. The lowest BCUT2D eigenvalue weighted by atomic mass is 10.0. The molecule has 0 aliphatic carbocycles. The van der Waals surface area contributed by atoms with Crippen LogP contribution in [0.4, 0.5) is 0 Å². The Morgan fingerprint density at radius 3 is 1.25 bits per heavy atom. The molecule has 0 aromatic heterocycles. The molecule has 6 nitrogen and oxygen atoms in total. The van der Waals surface area contributed by atoms with E-state index in [1.165, 1.54) is 199 Å². The number of esters is 1. The van der Waals surface area contributed by atoms with Crippen LogP contribution in [-0.4, -0.2) is 47.4 Å². The fraction of sp³-hybridized carbons (Fsp3) is 0.860. The molecule has 0 fully saturated rings. The van der Waals surface area contributed by atoms with Gasteiger partial charge in [0.15, 0.2) is 0 Å². The first-order chi connectivity index (χ1) is 31.0. The second-order valence-electron chi connectivity index (χ2n) is 18.9. The topological polar surface area (TPSA) is 95.9 Å². The van der Waals surface area contributed by atoms with Crippen LogP contribution in [0.15, 0.2) is 36.5 Å². The molecule has 0 saturated heterocycles. The van der Waals surface area contributed by atoms with E-state index in [0.29, 0.717) is 32.3 Å². The largest absolute Gasteiger partial charge is 0.466 e. The Hall–Kier alpha value is -1.92. The molecule has 0 aromatic rings. The van der Waals surface area contributed by atoms with Gasteiger partial charge in [0.2, 0.25) is 5.91 Å². The molecular formula is C57H107NO5. The van der Waals surface area contributed by atoms with Crippen LogP contribution in [0, 0.1) is 0 Å². The van der Waals surface area contributed by atoms with Crippen LogP contribution < -0.4 is 5.32 Å². The monoisotopic (exact) mass is 886 g/mol. The molecule has 0 heterocycles. The fourth-order valence-corrected chi connectivity index (χ4v) is 8.39. The lowest BCUT2D eigenvalue weighted by molar-refractivity contribution is -0.143. The van der Waals surface area contributed by atoms with Gasteiger partial charge in [-0.15, -0.1) is 0 Å². The quantitative estimate of drug-likeness (QED) is 0.0321. The smallest absolute Gasteiger partial charge is 0.305 e. The summed E-state index contributed by atoms with van der Waals surface area (Å²) in [6, 6.07) is -0.586. The summed E-state index contributed by atoms with van der Waals surface area (Å²) in [5.74, 6) is -0.140. The van der Waals surface area contributed by atoms with Crippen LogP contribution in [0.5, 0.6) is 0 Å². The van der Waals surface area contributed by atoms with Crippen LogP contribution in [0.2, 0.25) is 0 Å². The number of aliphatic hydroxyl groups excluding tert-OH is 2. The Morgan fingerprint density at radius 2 is 0.810 bits per heavy atom. The van der Waals surface area contributed by atoms with Gasteiger partial charge in [0, 0.05) is 12.8 Å². The number of unbranched alkanes of at least 4 members (excludes halogenated alkanes) is 34. The summed E-state index contributed by atoms with van der Waals surface area (Å²) >= 11 is 0. The molecule has 63 heavy (non-hydrogen) atoms. The van der Waals surface area contributed by atoms with Gasteiger partial charge in [-0.25, -0.2) is 0 Å². The van der Waals surface area contributed by atoms with Gasteiger partial charge in [-0.2, -0.15) is 0 Å². The normalized spacial score (nSPS) is 12.9. The summed E-state index contributed by atoms with van der Waals surface area (Å²) < 4.78 is 5.45. The van der Waals surface area contributed by atoms with Crippen molar-refractivity contribution in [3.05, 3.63) is 36.5 Å². The number of allylic oxidation sites excluding steroid dienone is 6.